The first-order valence-electron chi connectivity index (χ1n) is 6.62. The van der Waals surface area contributed by atoms with E-state index in [0.29, 0.717) is 11.3 Å². The lowest BCUT2D eigenvalue weighted by atomic mass is 9.90. The van der Waals surface area contributed by atoms with Gasteiger partial charge < -0.3 is 4.74 Å². The van der Waals surface area contributed by atoms with Gasteiger partial charge in [-0.25, -0.2) is 0 Å². The molecule has 2 unspecified atom stereocenters. The number of rotatable bonds is 3. The highest BCUT2D eigenvalue weighted by Crippen LogP contribution is 2.40. The molecule has 2 bridgehead atoms. The first-order valence-corrected chi connectivity index (χ1v) is 7.90. The van der Waals surface area contributed by atoms with Crippen LogP contribution in [0.1, 0.15) is 36.0 Å². The minimum atomic E-state index is -0.718. The number of Topliss-reactive ketones (excluding diaryl/α,β-unsaturated/α-hetero) is 1. The molecule has 0 saturated carbocycles. The monoisotopic (exact) mass is 279 g/mol. The van der Waals surface area contributed by atoms with Gasteiger partial charge in [-0.2, -0.15) is 0 Å². The van der Waals surface area contributed by atoms with Gasteiger partial charge >= 0.3 is 0 Å². The number of carbonyl (C=O) groups excluding carboxylic acids is 1. The van der Waals surface area contributed by atoms with Gasteiger partial charge in [0.15, 0.2) is 5.78 Å². The minimum Gasteiger partial charge on any atom is -0.496 e. The average Bonchev–Trinajstić information content (AvgIpc) is 2.68. The van der Waals surface area contributed by atoms with Crippen molar-refractivity contribution in [2.75, 3.05) is 7.11 Å². The van der Waals surface area contributed by atoms with Crippen LogP contribution in [0, 0.1) is 5.92 Å². The highest BCUT2D eigenvalue weighted by atomic mass is 32.2. The molecule has 1 aromatic heterocycles. The molecule has 102 valence electrons. The van der Waals surface area contributed by atoms with Crippen molar-refractivity contribution in [2.45, 2.75) is 36.2 Å². The number of ketones is 1. The largest absolute Gasteiger partial charge is 0.496 e. The minimum absolute atomic E-state index is 0.0201. The highest BCUT2D eigenvalue weighted by Gasteiger charge is 2.43. The summed E-state index contributed by atoms with van der Waals surface area (Å²) in [5.74, 6) is 0.658. The average molecular weight is 279 g/mol. The van der Waals surface area contributed by atoms with Crippen LogP contribution >= 0.6 is 0 Å². The fourth-order valence-corrected chi connectivity index (χ4v) is 5.34. The highest BCUT2D eigenvalue weighted by molar-refractivity contribution is 7.86. The molecule has 0 spiro atoms. The summed E-state index contributed by atoms with van der Waals surface area (Å²) in [6.45, 7) is 0. The maximum Gasteiger partial charge on any atom is 0.171 e. The molecule has 2 saturated heterocycles. The summed E-state index contributed by atoms with van der Waals surface area (Å²) in [4.78, 5) is 16.6. The number of nitrogens with zero attached hydrogens (tertiary/aromatic N) is 1. The third-order valence-corrected chi connectivity index (χ3v) is 6.37. The predicted octanol–water partition coefficient (Wildman–Crippen LogP) is 1.96. The normalized spacial score (nSPS) is 33.1. The Morgan fingerprint density at radius 1 is 1.37 bits per heavy atom. The van der Waals surface area contributed by atoms with Crippen molar-refractivity contribution in [3.05, 3.63) is 24.0 Å². The summed E-state index contributed by atoms with van der Waals surface area (Å²) < 4.78 is 17.2. The van der Waals surface area contributed by atoms with Crippen molar-refractivity contribution in [1.29, 1.82) is 0 Å². The molecule has 2 aliphatic rings. The smallest absolute Gasteiger partial charge is 0.171 e. The fraction of sp³-hybridized carbons (Fsp3) is 0.571. The Balaban J connectivity index is 1.83. The van der Waals surface area contributed by atoms with E-state index in [4.69, 9.17) is 4.74 Å². The van der Waals surface area contributed by atoms with Crippen LogP contribution in [0.4, 0.5) is 0 Å². The summed E-state index contributed by atoms with van der Waals surface area (Å²) in [5.41, 5.74) is 0.557. The molecule has 0 amide bonds. The maximum atomic E-state index is 12.6. The first-order chi connectivity index (χ1) is 9.20. The number of carbonyl (C=O) groups is 1. The molecule has 19 heavy (non-hydrogen) atoms. The van der Waals surface area contributed by atoms with Gasteiger partial charge in [-0.3, -0.25) is 14.0 Å². The molecule has 4 nitrogen and oxygen atoms in total. The molecule has 2 atom stereocenters. The number of ether oxygens (including phenoxy) is 1. The Bertz CT molecular complexity index is 515. The van der Waals surface area contributed by atoms with Crippen LogP contribution in [0.25, 0.3) is 0 Å². The zero-order chi connectivity index (χ0) is 13.4. The van der Waals surface area contributed by atoms with Crippen molar-refractivity contribution >= 4 is 16.6 Å². The number of pyridine rings is 1. The lowest BCUT2D eigenvalue weighted by molar-refractivity contribution is 0.0902. The van der Waals surface area contributed by atoms with E-state index in [1.54, 1.807) is 25.6 Å². The number of aromatic nitrogens is 1. The molecule has 3 rings (SSSR count). The molecule has 2 fully saturated rings. The quantitative estimate of drug-likeness (QED) is 0.794. The summed E-state index contributed by atoms with van der Waals surface area (Å²) in [5, 5.41) is 0.436. The fourth-order valence-electron chi connectivity index (χ4n) is 3.21. The molecule has 0 N–H and O–H groups in total. The second-order valence-electron chi connectivity index (χ2n) is 5.26. The van der Waals surface area contributed by atoms with E-state index in [2.05, 4.69) is 4.98 Å². The van der Waals surface area contributed by atoms with Crippen molar-refractivity contribution in [3.8, 4) is 5.75 Å². The summed E-state index contributed by atoms with van der Waals surface area (Å²) in [7, 11) is 0.843. The van der Waals surface area contributed by atoms with E-state index in [1.807, 2.05) is 0 Å². The van der Waals surface area contributed by atoms with Crippen LogP contribution in [0.3, 0.4) is 0 Å². The Hall–Kier alpha value is -1.23. The molecule has 2 aliphatic heterocycles. The van der Waals surface area contributed by atoms with E-state index in [0.717, 1.165) is 25.7 Å². The second kappa shape index (κ2) is 5.04. The van der Waals surface area contributed by atoms with Gasteiger partial charge in [0.25, 0.3) is 0 Å². The van der Waals surface area contributed by atoms with Crippen LogP contribution < -0.4 is 4.74 Å². The summed E-state index contributed by atoms with van der Waals surface area (Å²) >= 11 is 0. The van der Waals surface area contributed by atoms with Crippen LogP contribution in [-0.4, -0.2) is 32.6 Å². The molecule has 0 radical (unpaired) electrons. The van der Waals surface area contributed by atoms with Crippen molar-refractivity contribution in [1.82, 2.24) is 4.98 Å². The molecule has 0 aromatic carbocycles. The number of hydrogen-bond donors (Lipinski definition) is 0. The molecular formula is C14H17NO3S. The van der Waals surface area contributed by atoms with Crippen molar-refractivity contribution < 1.29 is 13.7 Å². The second-order valence-corrected chi connectivity index (χ2v) is 7.25. The van der Waals surface area contributed by atoms with Crippen LogP contribution in [-0.2, 0) is 10.8 Å². The van der Waals surface area contributed by atoms with Crippen molar-refractivity contribution in [3.63, 3.8) is 0 Å². The SMILES string of the molecule is COc1ccncc1C(=O)C1CC2CCC(C1)S2=O. The summed E-state index contributed by atoms with van der Waals surface area (Å²) in [6, 6.07) is 1.71. The van der Waals surface area contributed by atoms with Crippen LogP contribution in [0.5, 0.6) is 5.75 Å². The lowest BCUT2D eigenvalue weighted by Gasteiger charge is -2.26. The zero-order valence-corrected chi connectivity index (χ0v) is 11.7. The van der Waals surface area contributed by atoms with Gasteiger partial charge in [-0.05, 0) is 31.7 Å². The molecule has 5 heteroatoms. The van der Waals surface area contributed by atoms with E-state index < -0.39 is 10.8 Å². The number of fused-ring (bicyclic) bond motifs is 2. The summed E-state index contributed by atoms with van der Waals surface area (Å²) in [6.07, 6.45) is 6.71. The third-order valence-electron chi connectivity index (χ3n) is 4.20. The van der Waals surface area contributed by atoms with Gasteiger partial charge in [-0.15, -0.1) is 0 Å². The van der Waals surface area contributed by atoms with E-state index >= 15 is 0 Å². The van der Waals surface area contributed by atoms with Gasteiger partial charge in [0.05, 0.1) is 12.7 Å². The Labute approximate surface area is 115 Å². The number of hydrogen-bond acceptors (Lipinski definition) is 4. The first kappa shape index (κ1) is 12.8. The van der Waals surface area contributed by atoms with E-state index in [9.17, 15) is 9.00 Å². The van der Waals surface area contributed by atoms with Gasteiger partial charge in [-0.1, -0.05) is 0 Å². The van der Waals surface area contributed by atoms with Crippen LogP contribution in [0.15, 0.2) is 18.5 Å². The topological polar surface area (TPSA) is 56.3 Å². The van der Waals surface area contributed by atoms with Crippen LogP contribution in [0.2, 0.25) is 0 Å². The molecule has 0 aliphatic carbocycles. The Morgan fingerprint density at radius 2 is 2.05 bits per heavy atom. The standard InChI is InChI=1S/C14H17NO3S/c1-18-13-4-5-15-8-12(13)14(16)9-6-10-2-3-11(7-9)19(10)17/h4-5,8-11H,2-3,6-7H2,1H3. The van der Waals surface area contributed by atoms with Gasteiger partial charge in [0.2, 0.25) is 0 Å². The van der Waals surface area contributed by atoms with E-state index in [1.165, 1.54) is 0 Å². The number of methoxy groups -OCH3 is 1. The van der Waals surface area contributed by atoms with Crippen molar-refractivity contribution in [2.24, 2.45) is 5.92 Å². The predicted molar refractivity (Wildman–Crippen MR) is 72.8 cm³/mol. The Kier molecular flexibility index (Phi) is 3.39. The molecular weight excluding hydrogens is 262 g/mol. The zero-order valence-electron chi connectivity index (χ0n) is 10.9. The van der Waals surface area contributed by atoms with Gasteiger partial charge in [0, 0.05) is 39.6 Å². The third kappa shape index (κ3) is 2.20. The van der Waals surface area contributed by atoms with E-state index in [-0.39, 0.29) is 22.2 Å². The maximum absolute atomic E-state index is 12.6. The molecule has 1 aromatic rings. The molecule has 3 heterocycles. The van der Waals surface area contributed by atoms with Gasteiger partial charge in [0.1, 0.15) is 5.75 Å². The lowest BCUT2D eigenvalue weighted by Crippen LogP contribution is -2.32. The Morgan fingerprint density at radius 3 is 2.68 bits per heavy atom.